The van der Waals surface area contributed by atoms with Crippen molar-refractivity contribution in [2.24, 2.45) is 5.92 Å². The first-order valence-corrected chi connectivity index (χ1v) is 13.6. The maximum atomic E-state index is 12.7. The number of hydrogen-bond acceptors (Lipinski definition) is 1. The van der Waals surface area contributed by atoms with Gasteiger partial charge >= 0.3 is 122 Å². The van der Waals surface area contributed by atoms with Crippen LogP contribution in [0.3, 0.4) is 0 Å². The second kappa shape index (κ2) is 12.5. The molecule has 0 aliphatic heterocycles. The zero-order valence-electron chi connectivity index (χ0n) is 13.1. The second-order valence-corrected chi connectivity index (χ2v) is 13.1. The van der Waals surface area contributed by atoms with Gasteiger partial charge in [-0.1, -0.05) is 0 Å². The van der Waals surface area contributed by atoms with E-state index in [4.69, 9.17) is 0 Å². The third kappa shape index (κ3) is 7.81. The van der Waals surface area contributed by atoms with Gasteiger partial charge < -0.3 is 0 Å². The monoisotopic (exact) mass is 361 g/mol. The summed E-state index contributed by atoms with van der Waals surface area (Å²) in [7, 11) is 0. The number of carbonyl (C=O) groups excluding carboxylic acids is 1. The van der Waals surface area contributed by atoms with E-state index >= 15 is 0 Å². The Bertz CT molecular complexity index is 195. The molecule has 0 rings (SSSR count). The third-order valence-electron chi connectivity index (χ3n) is 3.78. The van der Waals surface area contributed by atoms with E-state index < -0.39 is 19.8 Å². The van der Waals surface area contributed by atoms with Gasteiger partial charge in [0, 0.05) is 0 Å². The Morgan fingerprint density at radius 2 is 1.39 bits per heavy atom. The molecule has 2 heteroatoms. The van der Waals surface area contributed by atoms with Crippen molar-refractivity contribution < 1.29 is 4.79 Å². The number of hydrogen-bond donors (Lipinski definition) is 0. The number of rotatable bonds is 12. The first-order chi connectivity index (χ1) is 8.71. The summed E-state index contributed by atoms with van der Waals surface area (Å²) in [5, 5.41) is 0. The molecular weight excluding hydrogens is 327 g/mol. The normalized spacial score (nSPS) is 12.9. The molecule has 0 spiro atoms. The molecule has 0 fully saturated rings. The van der Waals surface area contributed by atoms with Crippen molar-refractivity contribution in [3.8, 4) is 0 Å². The van der Waals surface area contributed by atoms with Crippen molar-refractivity contribution >= 4 is 23.6 Å². The van der Waals surface area contributed by atoms with E-state index in [2.05, 4.69) is 27.7 Å². The maximum absolute atomic E-state index is 12.7. The predicted octanol–water partition coefficient (Wildman–Crippen LogP) is 5.41. The van der Waals surface area contributed by atoms with Crippen molar-refractivity contribution in [1.29, 1.82) is 0 Å². The van der Waals surface area contributed by atoms with Gasteiger partial charge in [0.05, 0.1) is 0 Å². The first kappa shape index (κ1) is 18.5. The zero-order chi connectivity index (χ0) is 13.8. The molecule has 0 bridgehead atoms. The molecule has 107 valence electrons. The second-order valence-electron chi connectivity index (χ2n) is 5.42. The van der Waals surface area contributed by atoms with Crippen molar-refractivity contribution in [2.75, 3.05) is 0 Å². The van der Waals surface area contributed by atoms with Crippen molar-refractivity contribution in [3.05, 3.63) is 0 Å². The Morgan fingerprint density at radius 3 is 1.78 bits per heavy atom. The van der Waals surface area contributed by atoms with Crippen LogP contribution >= 0.6 is 0 Å². The minimum atomic E-state index is -1.73. The molecule has 1 radical (unpaired) electrons. The molecular formula is C16H33OSn. The molecule has 0 amide bonds. The molecule has 1 nitrogen and oxygen atoms in total. The Morgan fingerprint density at radius 1 is 0.889 bits per heavy atom. The van der Waals surface area contributed by atoms with Crippen LogP contribution in [0.1, 0.15) is 79.1 Å². The molecule has 0 aromatic heterocycles. The Hall–Kier alpha value is 0.469. The topological polar surface area (TPSA) is 17.1 Å². The van der Waals surface area contributed by atoms with Crippen LogP contribution in [-0.4, -0.2) is 23.6 Å². The molecule has 0 heterocycles. The number of carbonyl (C=O) groups is 1. The summed E-state index contributed by atoms with van der Waals surface area (Å²) in [6.45, 7) is 8.93. The molecule has 0 saturated heterocycles. The Kier molecular flexibility index (Phi) is 12.8. The Labute approximate surface area is 122 Å². The van der Waals surface area contributed by atoms with Gasteiger partial charge in [-0.25, -0.2) is 0 Å². The molecule has 18 heavy (non-hydrogen) atoms. The van der Waals surface area contributed by atoms with Crippen LogP contribution in [0, 0.1) is 5.92 Å². The first-order valence-electron chi connectivity index (χ1n) is 8.09. The predicted molar refractivity (Wildman–Crippen MR) is 83.5 cm³/mol. The van der Waals surface area contributed by atoms with Gasteiger partial charge in [-0.3, -0.25) is 0 Å². The van der Waals surface area contributed by atoms with Gasteiger partial charge in [0.25, 0.3) is 0 Å². The molecule has 0 aromatic rings. The van der Waals surface area contributed by atoms with Gasteiger partial charge in [0.15, 0.2) is 0 Å². The van der Waals surface area contributed by atoms with Gasteiger partial charge in [0.1, 0.15) is 0 Å². The molecule has 0 N–H and O–H groups in total. The van der Waals surface area contributed by atoms with Crippen LogP contribution < -0.4 is 0 Å². The van der Waals surface area contributed by atoms with Crippen LogP contribution in [0.25, 0.3) is 0 Å². The summed E-state index contributed by atoms with van der Waals surface area (Å²) in [5.74, 6) is 0.424. The summed E-state index contributed by atoms with van der Waals surface area (Å²) in [4.78, 5) is 12.7. The fourth-order valence-electron chi connectivity index (χ4n) is 2.41. The summed E-state index contributed by atoms with van der Waals surface area (Å²) in [6, 6.07) is 0. The van der Waals surface area contributed by atoms with E-state index in [9.17, 15) is 4.79 Å². The van der Waals surface area contributed by atoms with E-state index in [0.29, 0.717) is 5.92 Å². The van der Waals surface area contributed by atoms with E-state index in [1.807, 2.05) is 0 Å². The van der Waals surface area contributed by atoms with E-state index in [0.717, 1.165) is 16.6 Å². The zero-order valence-corrected chi connectivity index (χ0v) is 15.9. The van der Waals surface area contributed by atoms with Crippen LogP contribution in [0.5, 0.6) is 0 Å². The van der Waals surface area contributed by atoms with Crippen LogP contribution in [-0.2, 0) is 4.79 Å². The van der Waals surface area contributed by atoms with Gasteiger partial charge in [-0.2, -0.15) is 0 Å². The molecule has 0 aromatic carbocycles. The molecule has 0 aliphatic rings. The quantitative estimate of drug-likeness (QED) is 0.426. The minimum absolute atomic E-state index is 0.424. The standard InChI is InChI=1S/C8H15O.2C4H9.Sn/c1-3-5-6-8(4-2)7-9;2*1-3-4-2;/h8H,3-6H2,1-2H3;2*1,3-4H2,2H3;. The Balaban J connectivity index is 4.37. The summed E-state index contributed by atoms with van der Waals surface area (Å²) >= 11 is -1.73. The summed E-state index contributed by atoms with van der Waals surface area (Å²) < 4.78 is 3.41. The average Bonchev–Trinajstić information content (AvgIpc) is 2.39. The van der Waals surface area contributed by atoms with E-state index in [1.165, 1.54) is 47.4 Å². The van der Waals surface area contributed by atoms with Crippen molar-refractivity contribution in [1.82, 2.24) is 0 Å². The van der Waals surface area contributed by atoms with Gasteiger partial charge in [-0.05, 0) is 0 Å². The SMILES string of the molecule is CCCCC(CC)[C](=O)[Sn]([CH2]CCC)[CH2]CCC. The van der Waals surface area contributed by atoms with Crippen molar-refractivity contribution in [2.45, 2.75) is 87.9 Å². The molecule has 0 aliphatic carbocycles. The molecule has 0 saturated carbocycles. The average molecular weight is 360 g/mol. The summed E-state index contributed by atoms with van der Waals surface area (Å²) in [5.41, 5.74) is 0. The van der Waals surface area contributed by atoms with Crippen LogP contribution in [0.4, 0.5) is 0 Å². The summed E-state index contributed by atoms with van der Waals surface area (Å²) in [6.07, 6.45) is 9.83. The van der Waals surface area contributed by atoms with E-state index in [-0.39, 0.29) is 0 Å². The fraction of sp³-hybridized carbons (Fsp3) is 0.938. The fourth-order valence-corrected chi connectivity index (χ4v) is 11.6. The van der Waals surface area contributed by atoms with Crippen LogP contribution in [0.15, 0.2) is 0 Å². The number of unbranched alkanes of at least 4 members (excludes halogenated alkanes) is 3. The van der Waals surface area contributed by atoms with Crippen molar-refractivity contribution in [3.63, 3.8) is 0 Å². The van der Waals surface area contributed by atoms with Gasteiger partial charge in [-0.15, -0.1) is 0 Å². The molecule has 1 atom stereocenters. The van der Waals surface area contributed by atoms with Gasteiger partial charge in [0.2, 0.25) is 0 Å². The van der Waals surface area contributed by atoms with Crippen LogP contribution in [0.2, 0.25) is 8.87 Å². The molecule has 1 unspecified atom stereocenters. The van der Waals surface area contributed by atoms with E-state index in [1.54, 1.807) is 0 Å². The third-order valence-corrected chi connectivity index (χ3v) is 12.4.